The number of halogens is 1. The van der Waals surface area contributed by atoms with Crippen molar-refractivity contribution in [3.63, 3.8) is 0 Å². The molecule has 27 heavy (non-hydrogen) atoms. The molecule has 1 aromatic heterocycles. The largest absolute Gasteiger partial charge is 0.476 e. The number of hydrogen-bond acceptors (Lipinski definition) is 6. The van der Waals surface area contributed by atoms with E-state index in [1.807, 2.05) is 0 Å². The van der Waals surface area contributed by atoms with Crippen LogP contribution in [0.5, 0.6) is 0 Å². The first kappa shape index (κ1) is 21.8. The van der Waals surface area contributed by atoms with Gasteiger partial charge in [-0.3, -0.25) is 5.41 Å². The number of rotatable bonds is 12. The summed E-state index contributed by atoms with van der Waals surface area (Å²) in [5, 5.41) is 7.79. The molecule has 1 fully saturated rings. The molecule has 8 heteroatoms. The van der Waals surface area contributed by atoms with E-state index >= 15 is 4.39 Å². The van der Waals surface area contributed by atoms with Crippen molar-refractivity contribution in [2.75, 3.05) is 26.4 Å². The topological polar surface area (TPSA) is 89.5 Å². The molecular formula is C19H32FN3O4. The van der Waals surface area contributed by atoms with Crippen molar-refractivity contribution < 1.29 is 23.3 Å². The SMILES string of the molecule is CCCCOC[C@H]1O[C@@H](c2cnc(C(=N)OCC)[nH]2)[C@H](F)[C@@H]1OCCCC. The third-order valence-electron chi connectivity index (χ3n) is 4.43. The van der Waals surface area contributed by atoms with Gasteiger partial charge in [-0.15, -0.1) is 0 Å². The lowest BCUT2D eigenvalue weighted by Gasteiger charge is -2.20. The molecule has 0 saturated carbocycles. The van der Waals surface area contributed by atoms with E-state index in [4.69, 9.17) is 24.4 Å². The maximum atomic E-state index is 15.1. The quantitative estimate of drug-likeness (QED) is 0.326. The van der Waals surface area contributed by atoms with Crippen LogP contribution in [-0.2, 0) is 18.9 Å². The minimum absolute atomic E-state index is 0.0765. The van der Waals surface area contributed by atoms with Crippen LogP contribution in [0.15, 0.2) is 6.20 Å². The van der Waals surface area contributed by atoms with E-state index in [2.05, 4.69) is 23.8 Å². The molecule has 1 aliphatic rings. The van der Waals surface area contributed by atoms with Gasteiger partial charge < -0.3 is 23.9 Å². The number of ether oxygens (including phenoxy) is 4. The molecule has 0 aromatic carbocycles. The summed E-state index contributed by atoms with van der Waals surface area (Å²) >= 11 is 0. The van der Waals surface area contributed by atoms with Gasteiger partial charge in [0.1, 0.15) is 18.3 Å². The van der Waals surface area contributed by atoms with Crippen molar-refractivity contribution >= 4 is 5.90 Å². The molecule has 1 saturated heterocycles. The maximum absolute atomic E-state index is 15.1. The monoisotopic (exact) mass is 385 g/mol. The van der Waals surface area contributed by atoms with Crippen molar-refractivity contribution in [1.82, 2.24) is 9.97 Å². The number of H-pyrrole nitrogens is 1. The fourth-order valence-electron chi connectivity index (χ4n) is 2.91. The van der Waals surface area contributed by atoms with Crippen LogP contribution in [-0.4, -0.2) is 60.7 Å². The van der Waals surface area contributed by atoms with E-state index in [9.17, 15) is 0 Å². The summed E-state index contributed by atoms with van der Waals surface area (Å²) in [6.07, 6.45) is 2.02. The number of alkyl halides is 1. The number of aromatic amines is 1. The molecule has 2 rings (SSSR count). The number of nitrogens with one attached hydrogen (secondary N) is 2. The summed E-state index contributed by atoms with van der Waals surface area (Å²) in [5.41, 5.74) is 0.474. The van der Waals surface area contributed by atoms with Gasteiger partial charge in [0.25, 0.3) is 0 Å². The molecule has 0 spiro atoms. The first-order chi connectivity index (χ1) is 13.1. The second-order valence-electron chi connectivity index (χ2n) is 6.61. The summed E-state index contributed by atoms with van der Waals surface area (Å²) in [7, 11) is 0. The van der Waals surface area contributed by atoms with E-state index in [0.717, 1.165) is 25.7 Å². The zero-order valence-corrected chi connectivity index (χ0v) is 16.5. The highest BCUT2D eigenvalue weighted by Crippen LogP contribution is 2.37. The van der Waals surface area contributed by atoms with Gasteiger partial charge in [0.05, 0.1) is 25.1 Å². The Kier molecular flexibility index (Phi) is 9.17. The van der Waals surface area contributed by atoms with Crippen molar-refractivity contribution in [3.05, 3.63) is 17.7 Å². The van der Waals surface area contributed by atoms with Crippen molar-refractivity contribution in [1.29, 1.82) is 5.41 Å². The maximum Gasteiger partial charge on any atom is 0.250 e. The Labute approximate surface area is 160 Å². The number of hydrogen-bond donors (Lipinski definition) is 2. The van der Waals surface area contributed by atoms with Gasteiger partial charge in [-0.25, -0.2) is 9.37 Å². The Morgan fingerprint density at radius 2 is 2.00 bits per heavy atom. The number of unbranched alkanes of at least 4 members (excludes halogenated alkanes) is 2. The van der Waals surface area contributed by atoms with Crippen LogP contribution < -0.4 is 0 Å². The second-order valence-corrected chi connectivity index (χ2v) is 6.61. The summed E-state index contributed by atoms with van der Waals surface area (Å²) in [5.74, 6) is 0.182. The molecule has 154 valence electrons. The molecule has 2 N–H and O–H groups in total. The van der Waals surface area contributed by atoms with Gasteiger partial charge in [-0.2, -0.15) is 0 Å². The summed E-state index contributed by atoms with van der Waals surface area (Å²) in [6.45, 7) is 7.72. The molecule has 0 amide bonds. The lowest BCUT2D eigenvalue weighted by molar-refractivity contribution is -0.0671. The number of nitrogens with zero attached hydrogens (tertiary/aromatic N) is 1. The van der Waals surface area contributed by atoms with E-state index in [1.54, 1.807) is 6.92 Å². The first-order valence-electron chi connectivity index (χ1n) is 9.87. The van der Waals surface area contributed by atoms with Crippen LogP contribution in [0, 0.1) is 5.41 Å². The minimum atomic E-state index is -1.34. The van der Waals surface area contributed by atoms with E-state index in [-0.39, 0.29) is 11.7 Å². The van der Waals surface area contributed by atoms with Crippen LogP contribution in [0.4, 0.5) is 4.39 Å². The third kappa shape index (κ3) is 5.99. The first-order valence-corrected chi connectivity index (χ1v) is 9.87. The average molecular weight is 385 g/mol. The molecule has 0 aliphatic carbocycles. The predicted molar refractivity (Wildman–Crippen MR) is 99.9 cm³/mol. The van der Waals surface area contributed by atoms with Gasteiger partial charge in [-0.05, 0) is 19.8 Å². The zero-order chi connectivity index (χ0) is 19.6. The van der Waals surface area contributed by atoms with Crippen LogP contribution in [0.2, 0.25) is 0 Å². The molecule has 0 unspecified atom stereocenters. The summed E-state index contributed by atoms with van der Waals surface area (Å²) < 4.78 is 37.6. The highest BCUT2D eigenvalue weighted by Gasteiger charge is 2.47. The Morgan fingerprint density at radius 3 is 2.70 bits per heavy atom. The van der Waals surface area contributed by atoms with Crippen LogP contribution >= 0.6 is 0 Å². The number of imidazole rings is 1. The van der Waals surface area contributed by atoms with E-state index in [0.29, 0.717) is 32.1 Å². The van der Waals surface area contributed by atoms with Crippen LogP contribution in [0.25, 0.3) is 0 Å². The second kappa shape index (κ2) is 11.4. The lowest BCUT2D eigenvalue weighted by Crippen LogP contribution is -2.34. The highest BCUT2D eigenvalue weighted by molar-refractivity contribution is 5.87. The zero-order valence-electron chi connectivity index (χ0n) is 16.5. The molecule has 2 heterocycles. The third-order valence-corrected chi connectivity index (χ3v) is 4.43. The van der Waals surface area contributed by atoms with Crippen LogP contribution in [0.1, 0.15) is 64.1 Å². The van der Waals surface area contributed by atoms with Gasteiger partial charge in [0.2, 0.25) is 5.90 Å². The molecule has 0 bridgehead atoms. The lowest BCUT2D eigenvalue weighted by atomic mass is 10.1. The molecule has 1 aromatic rings. The molecule has 0 radical (unpaired) electrons. The van der Waals surface area contributed by atoms with Gasteiger partial charge in [-0.1, -0.05) is 26.7 Å². The summed E-state index contributed by atoms with van der Waals surface area (Å²) in [4.78, 5) is 7.03. The van der Waals surface area contributed by atoms with E-state index < -0.39 is 24.5 Å². The summed E-state index contributed by atoms with van der Waals surface area (Å²) in [6, 6.07) is 0. The Balaban J connectivity index is 2.04. The average Bonchev–Trinajstić information content (AvgIpc) is 3.25. The Hall–Kier alpha value is -1.51. The van der Waals surface area contributed by atoms with Crippen molar-refractivity contribution in [2.45, 2.75) is 70.9 Å². The normalized spacial score (nSPS) is 25.0. The molecule has 1 aliphatic heterocycles. The fraction of sp³-hybridized carbons (Fsp3) is 0.789. The molecular weight excluding hydrogens is 353 g/mol. The number of aromatic nitrogens is 2. The highest BCUT2D eigenvalue weighted by atomic mass is 19.1. The smallest absolute Gasteiger partial charge is 0.250 e. The predicted octanol–water partition coefficient (Wildman–Crippen LogP) is 3.55. The van der Waals surface area contributed by atoms with Crippen molar-refractivity contribution in [3.8, 4) is 0 Å². The Morgan fingerprint density at radius 1 is 1.26 bits per heavy atom. The van der Waals surface area contributed by atoms with Gasteiger partial charge in [0, 0.05) is 13.2 Å². The van der Waals surface area contributed by atoms with E-state index in [1.165, 1.54) is 6.20 Å². The molecule has 4 atom stereocenters. The van der Waals surface area contributed by atoms with Crippen LogP contribution in [0.3, 0.4) is 0 Å². The molecule has 7 nitrogen and oxygen atoms in total. The van der Waals surface area contributed by atoms with Gasteiger partial charge in [0.15, 0.2) is 12.0 Å². The standard InChI is InChI=1S/C19H32FN3O4/c1-4-7-9-24-12-14-17(26-10-8-5-2)15(20)16(27-14)13-11-22-19(23-13)18(21)25-6-3/h11,14-17,21H,4-10,12H2,1-3H3,(H,22,23)/t14-,15+,16+,17-/m1/s1. The van der Waals surface area contributed by atoms with Gasteiger partial charge >= 0.3 is 0 Å². The van der Waals surface area contributed by atoms with Crippen molar-refractivity contribution in [2.24, 2.45) is 0 Å². The fourth-order valence-corrected chi connectivity index (χ4v) is 2.91. The minimum Gasteiger partial charge on any atom is -0.476 e. The Bertz CT molecular complexity index is 569.